The van der Waals surface area contributed by atoms with Crippen molar-refractivity contribution in [1.29, 1.82) is 0 Å². The fourth-order valence-electron chi connectivity index (χ4n) is 4.84. The fraction of sp³-hybridized carbons (Fsp3) is 0.700. The van der Waals surface area contributed by atoms with E-state index >= 15 is 0 Å². The molecule has 4 rings (SSSR count). The summed E-state index contributed by atoms with van der Waals surface area (Å²) in [6.45, 7) is 4.42. The Morgan fingerprint density at radius 2 is 2.04 bits per heavy atom. The van der Waals surface area contributed by atoms with Gasteiger partial charge in [0.25, 0.3) is 0 Å². The van der Waals surface area contributed by atoms with Crippen LogP contribution < -0.4 is 0 Å². The third-order valence-electron chi connectivity index (χ3n) is 6.29. The molecule has 26 heavy (non-hydrogen) atoms. The number of aryl methyl sites for hydroxylation is 2. The van der Waals surface area contributed by atoms with E-state index in [0.29, 0.717) is 6.42 Å². The number of rotatable bonds is 2. The number of hydrogen-bond acceptors (Lipinski definition) is 4. The van der Waals surface area contributed by atoms with Crippen molar-refractivity contribution in [2.24, 2.45) is 0 Å². The van der Waals surface area contributed by atoms with Crippen LogP contribution in [0.3, 0.4) is 0 Å². The van der Waals surface area contributed by atoms with E-state index in [4.69, 9.17) is 4.98 Å². The van der Waals surface area contributed by atoms with Crippen LogP contribution in [0, 0.1) is 6.92 Å². The van der Waals surface area contributed by atoms with Crippen LogP contribution in [-0.2, 0) is 21.4 Å². The van der Waals surface area contributed by atoms with Crippen molar-refractivity contribution in [2.75, 3.05) is 26.2 Å². The number of piperidine rings is 1. The first-order valence-corrected chi connectivity index (χ1v) is 9.96. The Kier molecular flexibility index (Phi) is 4.67. The molecule has 2 saturated heterocycles. The smallest absolute Gasteiger partial charge is 0.242 e. The highest BCUT2D eigenvalue weighted by Crippen LogP contribution is 2.43. The first-order valence-electron chi connectivity index (χ1n) is 9.96. The first-order chi connectivity index (χ1) is 12.6. The maximum absolute atomic E-state index is 12.9. The van der Waals surface area contributed by atoms with Gasteiger partial charge >= 0.3 is 0 Å². The number of amides is 2. The van der Waals surface area contributed by atoms with Gasteiger partial charge in [-0.1, -0.05) is 6.42 Å². The van der Waals surface area contributed by atoms with Crippen molar-refractivity contribution in [1.82, 2.24) is 19.8 Å². The molecule has 3 heterocycles. The highest BCUT2D eigenvalue weighted by molar-refractivity contribution is 5.85. The fourth-order valence-corrected chi connectivity index (χ4v) is 4.84. The Labute approximate surface area is 155 Å². The van der Waals surface area contributed by atoms with Crippen LogP contribution in [0.5, 0.6) is 0 Å². The lowest BCUT2D eigenvalue weighted by atomic mass is 9.77. The van der Waals surface area contributed by atoms with Crippen LogP contribution in [0.2, 0.25) is 0 Å². The van der Waals surface area contributed by atoms with Crippen molar-refractivity contribution in [3.05, 3.63) is 23.3 Å². The molecule has 0 aromatic carbocycles. The minimum absolute atomic E-state index is 0.0141. The summed E-state index contributed by atoms with van der Waals surface area (Å²) in [7, 11) is 0. The molecule has 2 amide bonds. The topological polar surface area (TPSA) is 66.4 Å². The highest BCUT2D eigenvalue weighted by atomic mass is 16.2. The molecule has 1 spiro atoms. The molecule has 1 unspecified atom stereocenters. The number of carbonyl (C=O) groups excluding carboxylic acids is 2. The molecule has 1 aromatic heterocycles. The largest absolute Gasteiger partial charge is 0.340 e. The molecular formula is C20H28N4O2. The third kappa shape index (κ3) is 3.21. The highest BCUT2D eigenvalue weighted by Gasteiger charge is 2.44. The van der Waals surface area contributed by atoms with E-state index in [2.05, 4.69) is 4.98 Å². The summed E-state index contributed by atoms with van der Waals surface area (Å²) < 4.78 is 0. The molecule has 140 valence electrons. The molecule has 2 aliphatic heterocycles. The predicted octanol–water partition coefficient (Wildman–Crippen LogP) is 1.99. The van der Waals surface area contributed by atoms with Crippen LogP contribution in [0.4, 0.5) is 0 Å². The zero-order valence-electron chi connectivity index (χ0n) is 15.7. The van der Waals surface area contributed by atoms with Crippen molar-refractivity contribution in [2.45, 2.75) is 63.7 Å². The molecule has 0 radical (unpaired) electrons. The number of aromatic nitrogens is 2. The second-order valence-electron chi connectivity index (χ2n) is 8.12. The number of fused-ring (bicyclic) bond motifs is 2. The van der Waals surface area contributed by atoms with Gasteiger partial charge in [-0.25, -0.2) is 9.97 Å². The van der Waals surface area contributed by atoms with Gasteiger partial charge in [-0.15, -0.1) is 0 Å². The molecule has 1 aromatic rings. The average Bonchev–Trinajstić information content (AvgIpc) is 2.83. The summed E-state index contributed by atoms with van der Waals surface area (Å²) in [5.41, 5.74) is 2.39. The van der Waals surface area contributed by atoms with Crippen molar-refractivity contribution in [3.8, 4) is 0 Å². The average molecular weight is 356 g/mol. The van der Waals surface area contributed by atoms with Gasteiger partial charge in [-0.05, 0) is 51.0 Å². The quantitative estimate of drug-likeness (QED) is 0.813. The van der Waals surface area contributed by atoms with Gasteiger partial charge in [-0.3, -0.25) is 9.59 Å². The van der Waals surface area contributed by atoms with Crippen LogP contribution in [0.1, 0.15) is 62.0 Å². The minimum atomic E-state index is -0.0141. The SMILES string of the molecule is Cc1ncc2c(n1)C1(CCCN(C(=O)CN3CCCCCC3=O)C1)CC2. The summed E-state index contributed by atoms with van der Waals surface area (Å²) in [5.74, 6) is 1.04. The molecule has 0 N–H and O–H groups in total. The van der Waals surface area contributed by atoms with E-state index < -0.39 is 0 Å². The van der Waals surface area contributed by atoms with Gasteiger partial charge in [0.1, 0.15) is 5.82 Å². The lowest BCUT2D eigenvalue weighted by molar-refractivity contribution is -0.141. The number of likely N-dealkylation sites (tertiary alicyclic amines) is 2. The van der Waals surface area contributed by atoms with Crippen molar-refractivity contribution >= 4 is 11.8 Å². The summed E-state index contributed by atoms with van der Waals surface area (Å²) in [6, 6.07) is 0. The van der Waals surface area contributed by atoms with Crippen LogP contribution in [-0.4, -0.2) is 57.8 Å². The summed E-state index contributed by atoms with van der Waals surface area (Å²) >= 11 is 0. The summed E-state index contributed by atoms with van der Waals surface area (Å²) in [5, 5.41) is 0. The van der Waals surface area contributed by atoms with Crippen LogP contribution in [0.25, 0.3) is 0 Å². The van der Waals surface area contributed by atoms with Crippen molar-refractivity contribution in [3.63, 3.8) is 0 Å². The van der Waals surface area contributed by atoms with Crippen molar-refractivity contribution < 1.29 is 9.59 Å². The van der Waals surface area contributed by atoms with Crippen LogP contribution in [0.15, 0.2) is 6.20 Å². The normalized spacial score (nSPS) is 26.1. The molecule has 1 atom stereocenters. The van der Waals surface area contributed by atoms with E-state index in [0.717, 1.165) is 76.1 Å². The zero-order valence-corrected chi connectivity index (χ0v) is 15.7. The lowest BCUT2D eigenvalue weighted by Crippen LogP contribution is -2.51. The summed E-state index contributed by atoms with van der Waals surface area (Å²) in [6.07, 6.45) is 9.72. The van der Waals surface area contributed by atoms with Gasteiger partial charge in [0.05, 0.1) is 12.2 Å². The Hall–Kier alpha value is -1.98. The predicted molar refractivity (Wildman–Crippen MR) is 97.6 cm³/mol. The third-order valence-corrected chi connectivity index (χ3v) is 6.29. The molecule has 1 aliphatic carbocycles. The maximum atomic E-state index is 12.9. The van der Waals surface area contributed by atoms with Crippen LogP contribution >= 0.6 is 0 Å². The Balaban J connectivity index is 1.48. The minimum Gasteiger partial charge on any atom is -0.340 e. The summed E-state index contributed by atoms with van der Waals surface area (Å²) in [4.78, 5) is 38.0. The second-order valence-corrected chi connectivity index (χ2v) is 8.12. The zero-order chi connectivity index (χ0) is 18.1. The van der Waals surface area contributed by atoms with E-state index in [1.807, 2.05) is 18.0 Å². The number of carbonyl (C=O) groups is 2. The number of nitrogens with zero attached hydrogens (tertiary/aromatic N) is 4. The van der Waals surface area contributed by atoms with Gasteiger partial charge in [0.2, 0.25) is 11.8 Å². The molecule has 0 saturated carbocycles. The Bertz CT molecular complexity index is 716. The molecule has 6 heteroatoms. The maximum Gasteiger partial charge on any atom is 0.242 e. The first kappa shape index (κ1) is 17.4. The molecule has 3 aliphatic rings. The molecule has 2 fully saturated rings. The number of hydrogen-bond donors (Lipinski definition) is 0. The van der Waals surface area contributed by atoms with E-state index in [1.165, 1.54) is 5.56 Å². The second kappa shape index (κ2) is 6.97. The van der Waals surface area contributed by atoms with E-state index in [1.54, 1.807) is 4.90 Å². The monoisotopic (exact) mass is 356 g/mol. The van der Waals surface area contributed by atoms with E-state index in [9.17, 15) is 9.59 Å². The molecular weight excluding hydrogens is 328 g/mol. The Morgan fingerprint density at radius 3 is 2.92 bits per heavy atom. The molecule has 6 nitrogen and oxygen atoms in total. The molecule has 0 bridgehead atoms. The van der Waals surface area contributed by atoms with Gasteiger partial charge in [-0.2, -0.15) is 0 Å². The standard InChI is InChI=1S/C20H28N4O2/c1-15-21-12-16-7-9-20(19(16)22-15)8-5-11-24(14-20)18(26)13-23-10-4-2-3-6-17(23)25/h12H,2-11,13-14H2,1H3. The van der Waals surface area contributed by atoms with E-state index in [-0.39, 0.29) is 23.8 Å². The Morgan fingerprint density at radius 1 is 1.15 bits per heavy atom. The van der Waals surface area contributed by atoms with Gasteiger partial charge < -0.3 is 9.80 Å². The van der Waals surface area contributed by atoms with Gasteiger partial charge in [0, 0.05) is 37.7 Å². The lowest BCUT2D eigenvalue weighted by Gasteiger charge is -2.41. The van der Waals surface area contributed by atoms with Gasteiger partial charge in [0.15, 0.2) is 0 Å².